The van der Waals surface area contributed by atoms with E-state index in [0.29, 0.717) is 13.0 Å². The van der Waals surface area contributed by atoms with E-state index < -0.39 is 6.10 Å². The Morgan fingerprint density at radius 2 is 1.93 bits per heavy atom. The summed E-state index contributed by atoms with van der Waals surface area (Å²) in [5, 5.41) is 9.95. The van der Waals surface area contributed by atoms with E-state index >= 15 is 0 Å². The van der Waals surface area contributed by atoms with E-state index in [1.807, 2.05) is 32.0 Å². The monoisotopic (exact) mass is 208 g/mol. The largest absolute Gasteiger partial charge is 0.387 e. The lowest BCUT2D eigenvalue weighted by Gasteiger charge is -2.19. The number of hydrogen-bond acceptors (Lipinski definition) is 3. The molecule has 0 aliphatic heterocycles. The van der Waals surface area contributed by atoms with E-state index in [-0.39, 0.29) is 6.04 Å². The molecule has 0 radical (unpaired) electrons. The van der Waals surface area contributed by atoms with Crippen LogP contribution in [0, 0.1) is 13.8 Å². The molecule has 0 aliphatic carbocycles. The van der Waals surface area contributed by atoms with Crippen LogP contribution in [0.2, 0.25) is 0 Å². The molecule has 0 saturated carbocycles. The van der Waals surface area contributed by atoms with Crippen molar-refractivity contribution in [2.75, 3.05) is 6.54 Å². The standard InChI is InChI=1S/C12H20N2O/c1-8-3-4-10(7-9(8)2)12(15)11(14)5-6-13/h3-4,7,11-12,15H,5-6,13-14H2,1-2H3. The van der Waals surface area contributed by atoms with E-state index in [9.17, 15) is 5.11 Å². The van der Waals surface area contributed by atoms with Gasteiger partial charge < -0.3 is 16.6 Å². The highest BCUT2D eigenvalue weighted by atomic mass is 16.3. The predicted molar refractivity (Wildman–Crippen MR) is 62.5 cm³/mol. The van der Waals surface area contributed by atoms with Gasteiger partial charge in [0.1, 0.15) is 0 Å². The summed E-state index contributed by atoms with van der Waals surface area (Å²) in [6, 6.07) is 5.63. The average Bonchev–Trinajstić information content (AvgIpc) is 2.21. The van der Waals surface area contributed by atoms with Crippen LogP contribution in [0.4, 0.5) is 0 Å². The van der Waals surface area contributed by atoms with Crippen molar-refractivity contribution in [1.29, 1.82) is 0 Å². The minimum atomic E-state index is -0.618. The molecule has 3 heteroatoms. The molecule has 0 fully saturated rings. The van der Waals surface area contributed by atoms with Gasteiger partial charge in [-0.2, -0.15) is 0 Å². The fourth-order valence-corrected chi connectivity index (χ4v) is 1.55. The Kier molecular flexibility index (Phi) is 4.27. The number of benzene rings is 1. The normalized spacial score (nSPS) is 15.0. The Morgan fingerprint density at radius 1 is 1.27 bits per heavy atom. The molecule has 1 rings (SSSR count). The summed E-state index contributed by atoms with van der Waals surface area (Å²) in [7, 11) is 0. The van der Waals surface area contributed by atoms with Crippen molar-refractivity contribution in [3.05, 3.63) is 34.9 Å². The molecule has 5 N–H and O–H groups in total. The van der Waals surface area contributed by atoms with E-state index in [4.69, 9.17) is 11.5 Å². The number of rotatable bonds is 4. The summed E-state index contributed by atoms with van der Waals surface area (Å²) < 4.78 is 0. The van der Waals surface area contributed by atoms with Gasteiger partial charge in [0.15, 0.2) is 0 Å². The van der Waals surface area contributed by atoms with Gasteiger partial charge in [-0.05, 0) is 43.5 Å². The molecule has 0 saturated heterocycles. The number of nitrogens with two attached hydrogens (primary N) is 2. The molecule has 0 amide bonds. The van der Waals surface area contributed by atoms with Crippen LogP contribution in [0.3, 0.4) is 0 Å². The van der Waals surface area contributed by atoms with Crippen molar-refractivity contribution in [3.63, 3.8) is 0 Å². The number of aryl methyl sites for hydroxylation is 2. The van der Waals surface area contributed by atoms with Crippen molar-refractivity contribution >= 4 is 0 Å². The molecule has 0 spiro atoms. The third kappa shape index (κ3) is 3.02. The molecular formula is C12H20N2O. The van der Waals surface area contributed by atoms with Crippen LogP contribution in [0.25, 0.3) is 0 Å². The van der Waals surface area contributed by atoms with E-state index in [1.165, 1.54) is 11.1 Å². The first-order valence-electron chi connectivity index (χ1n) is 5.27. The van der Waals surface area contributed by atoms with Gasteiger partial charge in [0.2, 0.25) is 0 Å². The van der Waals surface area contributed by atoms with Gasteiger partial charge >= 0.3 is 0 Å². The summed E-state index contributed by atoms with van der Waals surface area (Å²) in [6.45, 7) is 4.58. The summed E-state index contributed by atoms with van der Waals surface area (Å²) in [4.78, 5) is 0. The van der Waals surface area contributed by atoms with E-state index in [2.05, 4.69) is 0 Å². The highest BCUT2D eigenvalue weighted by Crippen LogP contribution is 2.20. The first-order chi connectivity index (χ1) is 7.06. The topological polar surface area (TPSA) is 72.3 Å². The third-order valence-corrected chi connectivity index (χ3v) is 2.78. The molecule has 2 atom stereocenters. The van der Waals surface area contributed by atoms with Gasteiger partial charge in [0, 0.05) is 6.04 Å². The lowest BCUT2D eigenvalue weighted by molar-refractivity contribution is 0.143. The third-order valence-electron chi connectivity index (χ3n) is 2.78. The van der Waals surface area contributed by atoms with Gasteiger partial charge in [-0.1, -0.05) is 18.2 Å². The number of aliphatic hydroxyl groups is 1. The summed E-state index contributed by atoms with van der Waals surface area (Å²) in [5.41, 5.74) is 14.5. The van der Waals surface area contributed by atoms with Crippen LogP contribution in [0.1, 0.15) is 29.2 Å². The first kappa shape index (κ1) is 12.2. The van der Waals surface area contributed by atoms with Crippen molar-refractivity contribution in [1.82, 2.24) is 0 Å². The highest BCUT2D eigenvalue weighted by Gasteiger charge is 2.16. The molecule has 15 heavy (non-hydrogen) atoms. The number of aliphatic hydroxyl groups excluding tert-OH is 1. The second-order valence-corrected chi connectivity index (χ2v) is 4.03. The first-order valence-corrected chi connectivity index (χ1v) is 5.27. The molecule has 1 aromatic carbocycles. The van der Waals surface area contributed by atoms with Gasteiger partial charge in [0.25, 0.3) is 0 Å². The molecule has 0 heterocycles. The van der Waals surface area contributed by atoms with Crippen LogP contribution in [-0.4, -0.2) is 17.7 Å². The molecule has 0 aromatic heterocycles. The van der Waals surface area contributed by atoms with Gasteiger partial charge in [-0.15, -0.1) is 0 Å². The maximum absolute atomic E-state index is 9.95. The van der Waals surface area contributed by atoms with E-state index in [0.717, 1.165) is 5.56 Å². The fraction of sp³-hybridized carbons (Fsp3) is 0.500. The van der Waals surface area contributed by atoms with E-state index in [1.54, 1.807) is 0 Å². The van der Waals surface area contributed by atoms with Crippen LogP contribution in [0.5, 0.6) is 0 Å². The van der Waals surface area contributed by atoms with Crippen molar-refractivity contribution in [3.8, 4) is 0 Å². The summed E-state index contributed by atoms with van der Waals surface area (Å²) in [5.74, 6) is 0. The molecule has 1 aromatic rings. The highest BCUT2D eigenvalue weighted by molar-refractivity contribution is 5.31. The van der Waals surface area contributed by atoms with Gasteiger partial charge in [-0.3, -0.25) is 0 Å². The van der Waals surface area contributed by atoms with Crippen LogP contribution in [-0.2, 0) is 0 Å². The minimum Gasteiger partial charge on any atom is -0.387 e. The second-order valence-electron chi connectivity index (χ2n) is 4.03. The second kappa shape index (κ2) is 5.26. The summed E-state index contributed by atoms with van der Waals surface area (Å²) in [6.07, 6.45) is 0.0153. The Hall–Kier alpha value is -0.900. The molecule has 0 bridgehead atoms. The smallest absolute Gasteiger partial charge is 0.0941 e. The number of hydrogen-bond donors (Lipinski definition) is 3. The zero-order chi connectivity index (χ0) is 11.4. The molecular weight excluding hydrogens is 188 g/mol. The lowest BCUT2D eigenvalue weighted by Crippen LogP contribution is -2.30. The zero-order valence-electron chi connectivity index (χ0n) is 9.40. The molecule has 3 nitrogen and oxygen atoms in total. The zero-order valence-corrected chi connectivity index (χ0v) is 9.40. The Morgan fingerprint density at radius 3 is 2.47 bits per heavy atom. The van der Waals surface area contributed by atoms with Crippen molar-refractivity contribution < 1.29 is 5.11 Å². The SMILES string of the molecule is Cc1ccc(C(O)C(N)CCN)cc1C. The maximum atomic E-state index is 9.95. The Labute approximate surface area is 91.1 Å². The average molecular weight is 208 g/mol. The predicted octanol–water partition coefficient (Wildman–Crippen LogP) is 1.01. The Bertz CT molecular complexity index is 325. The van der Waals surface area contributed by atoms with Crippen molar-refractivity contribution in [2.24, 2.45) is 11.5 Å². The quantitative estimate of drug-likeness (QED) is 0.691. The van der Waals surface area contributed by atoms with Gasteiger partial charge in [0.05, 0.1) is 6.10 Å². The molecule has 84 valence electrons. The Balaban J connectivity index is 2.81. The van der Waals surface area contributed by atoms with Crippen LogP contribution >= 0.6 is 0 Å². The molecule has 0 aliphatic rings. The van der Waals surface area contributed by atoms with Gasteiger partial charge in [-0.25, -0.2) is 0 Å². The maximum Gasteiger partial charge on any atom is 0.0941 e. The molecule has 2 unspecified atom stereocenters. The van der Waals surface area contributed by atoms with Crippen molar-refractivity contribution in [2.45, 2.75) is 32.4 Å². The fourth-order valence-electron chi connectivity index (χ4n) is 1.55. The van der Waals surface area contributed by atoms with Crippen LogP contribution in [0.15, 0.2) is 18.2 Å². The minimum absolute atomic E-state index is 0.280. The summed E-state index contributed by atoms with van der Waals surface area (Å²) >= 11 is 0. The lowest BCUT2D eigenvalue weighted by atomic mass is 9.97. The van der Waals surface area contributed by atoms with Crippen LogP contribution < -0.4 is 11.5 Å².